The van der Waals surface area contributed by atoms with E-state index in [2.05, 4.69) is 252 Å². The Morgan fingerprint density at radius 2 is 0.548 bits per heavy atom. The molecule has 294 valence electrons. The van der Waals surface area contributed by atoms with Gasteiger partial charge in [-0.1, -0.05) is 121 Å². The molecule has 62 heavy (non-hydrogen) atoms. The molecule has 9 aromatic carbocycles. The molecular weight excluding hydrogens is 757 g/mol. The Balaban J connectivity index is 0.866. The molecule has 0 radical (unpaired) electrons. The van der Waals surface area contributed by atoms with Gasteiger partial charge in [0.05, 0.1) is 0 Å². The molecule has 2 heterocycles. The fraction of sp³-hybridized carbons (Fsp3) is 0. The van der Waals surface area contributed by atoms with Crippen LogP contribution >= 0.6 is 0 Å². The summed E-state index contributed by atoms with van der Waals surface area (Å²) in [4.78, 5) is 4.58. The number of furan rings is 2. The predicted octanol–water partition coefficient (Wildman–Crippen LogP) is 16.8. The summed E-state index contributed by atoms with van der Waals surface area (Å²) in [6.45, 7) is 0. The third-order valence-electron chi connectivity index (χ3n) is 11.4. The molecule has 0 bridgehead atoms. The van der Waals surface area contributed by atoms with E-state index in [1.54, 1.807) is 0 Å². The minimum Gasteiger partial charge on any atom is -0.456 e. The average Bonchev–Trinajstić information content (AvgIpc) is 3.96. The number of nitrogens with zero attached hydrogens (tertiary/aromatic N) is 2. The van der Waals surface area contributed by atoms with Crippen LogP contribution in [0, 0.1) is 0 Å². The van der Waals surface area contributed by atoms with Gasteiger partial charge >= 0.3 is 0 Å². The zero-order valence-electron chi connectivity index (χ0n) is 33.8. The molecule has 2 aromatic heterocycles. The van der Waals surface area contributed by atoms with Crippen molar-refractivity contribution in [3.63, 3.8) is 0 Å². The molecule has 0 atom stereocenters. The van der Waals surface area contributed by atoms with Crippen molar-refractivity contribution >= 4 is 56.1 Å². The smallest absolute Gasteiger partial charge is 0.135 e. The summed E-state index contributed by atoms with van der Waals surface area (Å²) in [5, 5.41) is 1.99. The maximum atomic E-state index is 6.51. The quantitative estimate of drug-likeness (QED) is 0.138. The van der Waals surface area contributed by atoms with Gasteiger partial charge in [0.15, 0.2) is 0 Å². The van der Waals surface area contributed by atoms with Crippen LogP contribution in [0.4, 0.5) is 34.1 Å². The molecule has 0 N–H and O–H groups in total. The predicted molar refractivity (Wildman–Crippen MR) is 257 cm³/mol. The Bertz CT molecular complexity index is 2990. The van der Waals surface area contributed by atoms with Crippen molar-refractivity contribution in [3.05, 3.63) is 243 Å². The maximum Gasteiger partial charge on any atom is 0.135 e. The molecule has 0 saturated carbocycles. The average molecular weight is 797 g/mol. The van der Waals surface area contributed by atoms with Gasteiger partial charge in [-0.2, -0.15) is 0 Å². The summed E-state index contributed by atoms with van der Waals surface area (Å²) in [6, 6.07) is 84.9. The van der Waals surface area contributed by atoms with E-state index in [9.17, 15) is 0 Å². The number of hydrogen-bond donors (Lipinski definition) is 0. The summed E-state index contributed by atoms with van der Waals surface area (Å²) in [5.74, 6) is 1.62. The zero-order valence-corrected chi connectivity index (χ0v) is 33.8. The number of para-hydroxylation sites is 2. The second kappa shape index (κ2) is 16.0. The lowest BCUT2D eigenvalue weighted by molar-refractivity contribution is 0.627. The van der Waals surface area contributed by atoms with Crippen molar-refractivity contribution in [1.29, 1.82) is 0 Å². The van der Waals surface area contributed by atoms with Crippen LogP contribution in [0.15, 0.2) is 251 Å². The Morgan fingerprint density at radius 3 is 0.935 bits per heavy atom. The first-order chi connectivity index (χ1) is 30.7. The van der Waals surface area contributed by atoms with Gasteiger partial charge in [-0.3, -0.25) is 0 Å². The highest BCUT2D eigenvalue weighted by Gasteiger charge is 2.17. The van der Waals surface area contributed by atoms with E-state index in [0.717, 1.165) is 78.7 Å². The van der Waals surface area contributed by atoms with E-state index in [0.29, 0.717) is 0 Å². The molecular formula is C58H40N2O2. The highest BCUT2D eigenvalue weighted by molar-refractivity contribution is 5.97. The van der Waals surface area contributed by atoms with Gasteiger partial charge in [-0.25, -0.2) is 0 Å². The van der Waals surface area contributed by atoms with E-state index in [-0.39, 0.29) is 0 Å². The van der Waals surface area contributed by atoms with Gasteiger partial charge in [-0.05, 0) is 144 Å². The molecule has 11 rings (SSSR count). The van der Waals surface area contributed by atoms with Gasteiger partial charge in [-0.15, -0.1) is 0 Å². The fourth-order valence-corrected chi connectivity index (χ4v) is 8.37. The third-order valence-corrected chi connectivity index (χ3v) is 11.4. The molecule has 0 fully saturated rings. The number of fused-ring (bicyclic) bond motifs is 2. The van der Waals surface area contributed by atoms with E-state index in [4.69, 9.17) is 8.83 Å². The maximum absolute atomic E-state index is 6.51. The van der Waals surface area contributed by atoms with E-state index in [1.165, 1.54) is 22.3 Å². The van der Waals surface area contributed by atoms with Crippen molar-refractivity contribution < 1.29 is 8.83 Å². The summed E-state index contributed by atoms with van der Waals surface area (Å²) < 4.78 is 13.0. The topological polar surface area (TPSA) is 32.8 Å². The molecule has 0 spiro atoms. The van der Waals surface area contributed by atoms with Crippen molar-refractivity contribution in [2.75, 3.05) is 9.80 Å². The van der Waals surface area contributed by atoms with Crippen LogP contribution in [0.5, 0.6) is 0 Å². The normalized spacial score (nSPS) is 11.2. The Kier molecular flexibility index (Phi) is 9.49. The van der Waals surface area contributed by atoms with E-state index in [1.807, 2.05) is 0 Å². The van der Waals surface area contributed by atoms with Crippen LogP contribution in [0.2, 0.25) is 0 Å². The van der Waals surface area contributed by atoms with E-state index >= 15 is 0 Å². The standard InChI is InChI=1S/C58H40N2O2/c1-5-15-41(16-6-1)45-19-13-25-53(35-45)59(49-21-9-3-10-22-49)51-31-27-43(28-32-51)55-37-47-39-58-48(40-57(47)61-55)38-56(62-58)44-29-33-52(34-30-44)60(50-23-11-4-12-24-50)54-26-14-20-46(36-54)42-17-7-2-8-18-42/h1-40H. The molecule has 0 saturated heterocycles. The SMILES string of the molecule is c1ccc(-c2cccc(N(c3ccccc3)c3ccc(-c4cc5cc6oc(-c7ccc(N(c8ccccc8)c8cccc(-c9ccccc9)c8)cc7)cc6cc5o4)cc3)c2)cc1. The first kappa shape index (κ1) is 36.7. The lowest BCUT2D eigenvalue weighted by atomic mass is 10.0. The molecule has 11 aromatic rings. The Morgan fingerprint density at radius 1 is 0.226 bits per heavy atom. The van der Waals surface area contributed by atoms with Gasteiger partial charge in [0.2, 0.25) is 0 Å². The summed E-state index contributed by atoms with van der Waals surface area (Å²) in [7, 11) is 0. The third kappa shape index (κ3) is 7.20. The van der Waals surface area contributed by atoms with Gasteiger partial charge in [0, 0.05) is 56.0 Å². The Labute approximate surface area is 360 Å². The largest absolute Gasteiger partial charge is 0.456 e. The van der Waals surface area contributed by atoms with Crippen molar-refractivity contribution in [2.45, 2.75) is 0 Å². The summed E-state index contributed by atoms with van der Waals surface area (Å²) in [6.07, 6.45) is 0. The molecule has 0 aliphatic carbocycles. The van der Waals surface area contributed by atoms with E-state index < -0.39 is 0 Å². The van der Waals surface area contributed by atoms with Crippen LogP contribution in [-0.4, -0.2) is 0 Å². The first-order valence-electron chi connectivity index (χ1n) is 20.9. The van der Waals surface area contributed by atoms with Crippen molar-refractivity contribution in [1.82, 2.24) is 0 Å². The molecule has 4 nitrogen and oxygen atoms in total. The van der Waals surface area contributed by atoms with Crippen molar-refractivity contribution in [3.8, 4) is 44.9 Å². The van der Waals surface area contributed by atoms with Gasteiger partial charge in [0.25, 0.3) is 0 Å². The van der Waals surface area contributed by atoms with Crippen LogP contribution in [-0.2, 0) is 0 Å². The minimum absolute atomic E-state index is 0.810. The monoisotopic (exact) mass is 796 g/mol. The lowest BCUT2D eigenvalue weighted by Gasteiger charge is -2.26. The fourth-order valence-electron chi connectivity index (χ4n) is 8.37. The van der Waals surface area contributed by atoms with Gasteiger partial charge in [0.1, 0.15) is 22.7 Å². The minimum atomic E-state index is 0.810. The Hall–Kier alpha value is -8.34. The molecule has 4 heteroatoms. The van der Waals surface area contributed by atoms with Crippen LogP contribution < -0.4 is 9.80 Å². The zero-order chi connectivity index (χ0) is 41.2. The van der Waals surface area contributed by atoms with Crippen LogP contribution in [0.1, 0.15) is 0 Å². The van der Waals surface area contributed by atoms with Crippen LogP contribution in [0.25, 0.3) is 66.8 Å². The highest BCUT2D eigenvalue weighted by Crippen LogP contribution is 2.41. The van der Waals surface area contributed by atoms with Crippen LogP contribution in [0.3, 0.4) is 0 Å². The molecule has 0 amide bonds. The molecule has 0 aliphatic heterocycles. The second-order valence-corrected chi connectivity index (χ2v) is 15.4. The lowest BCUT2D eigenvalue weighted by Crippen LogP contribution is -2.09. The number of hydrogen-bond acceptors (Lipinski definition) is 4. The first-order valence-corrected chi connectivity index (χ1v) is 20.9. The number of rotatable bonds is 10. The molecule has 0 unspecified atom stereocenters. The molecule has 0 aliphatic rings. The summed E-state index contributed by atoms with van der Waals surface area (Å²) >= 11 is 0. The summed E-state index contributed by atoms with van der Waals surface area (Å²) in [5.41, 5.74) is 14.8. The second-order valence-electron chi connectivity index (χ2n) is 15.4. The van der Waals surface area contributed by atoms with Gasteiger partial charge < -0.3 is 18.6 Å². The number of anilines is 6. The van der Waals surface area contributed by atoms with Crippen molar-refractivity contribution in [2.24, 2.45) is 0 Å². The number of benzene rings is 9. The highest BCUT2D eigenvalue weighted by atomic mass is 16.3.